The molecule has 0 atom stereocenters. The van der Waals surface area contributed by atoms with Crippen molar-refractivity contribution in [3.63, 3.8) is 0 Å². The number of nitrogens with one attached hydrogen (secondary N) is 2. The standard InChI is InChI=1S/C13H13BrN2OS/c1-15-13(17)9-3-2-4-10(7-9)16-8-11-5-6-12(14)18-11/h2-7,16H,8H2,1H3,(H,15,17). The average molecular weight is 325 g/mol. The van der Waals surface area contributed by atoms with Gasteiger partial charge in [-0.25, -0.2) is 0 Å². The summed E-state index contributed by atoms with van der Waals surface area (Å²) in [6.07, 6.45) is 0. The van der Waals surface area contributed by atoms with E-state index >= 15 is 0 Å². The maximum absolute atomic E-state index is 11.5. The van der Waals surface area contributed by atoms with Crippen molar-refractivity contribution in [2.24, 2.45) is 0 Å². The highest BCUT2D eigenvalue weighted by molar-refractivity contribution is 9.11. The molecule has 0 spiro atoms. The predicted octanol–water partition coefficient (Wildman–Crippen LogP) is 3.48. The molecule has 1 aromatic heterocycles. The minimum Gasteiger partial charge on any atom is -0.380 e. The van der Waals surface area contributed by atoms with E-state index in [1.54, 1.807) is 24.5 Å². The lowest BCUT2D eigenvalue weighted by atomic mass is 10.2. The van der Waals surface area contributed by atoms with Gasteiger partial charge in [0.25, 0.3) is 5.91 Å². The van der Waals surface area contributed by atoms with E-state index in [9.17, 15) is 4.79 Å². The number of carbonyl (C=O) groups is 1. The van der Waals surface area contributed by atoms with Gasteiger partial charge in [0.05, 0.1) is 3.79 Å². The number of halogens is 1. The fourth-order valence-corrected chi connectivity index (χ4v) is 2.97. The van der Waals surface area contributed by atoms with Crippen LogP contribution in [0.1, 0.15) is 15.2 Å². The first-order valence-electron chi connectivity index (χ1n) is 5.49. The molecule has 2 aromatic rings. The van der Waals surface area contributed by atoms with Gasteiger partial charge >= 0.3 is 0 Å². The maximum Gasteiger partial charge on any atom is 0.251 e. The van der Waals surface area contributed by atoms with Crippen LogP contribution in [0.4, 0.5) is 5.69 Å². The largest absolute Gasteiger partial charge is 0.380 e. The van der Waals surface area contributed by atoms with Crippen LogP contribution in [0.15, 0.2) is 40.2 Å². The Morgan fingerprint density at radius 2 is 2.17 bits per heavy atom. The SMILES string of the molecule is CNC(=O)c1cccc(NCc2ccc(Br)s2)c1. The molecule has 1 aromatic carbocycles. The van der Waals surface area contributed by atoms with Crippen molar-refractivity contribution >= 4 is 38.9 Å². The molecule has 0 bridgehead atoms. The first-order valence-corrected chi connectivity index (χ1v) is 7.10. The Kier molecular flexibility index (Phi) is 4.38. The molecule has 0 aliphatic carbocycles. The molecule has 0 fully saturated rings. The molecule has 18 heavy (non-hydrogen) atoms. The molecule has 94 valence electrons. The zero-order valence-corrected chi connectivity index (χ0v) is 12.3. The molecule has 0 saturated carbocycles. The smallest absolute Gasteiger partial charge is 0.251 e. The Labute approximate surface area is 118 Å². The van der Waals surface area contributed by atoms with Gasteiger partial charge in [-0.3, -0.25) is 4.79 Å². The van der Waals surface area contributed by atoms with Crippen molar-refractivity contribution in [2.45, 2.75) is 6.54 Å². The van der Waals surface area contributed by atoms with Crippen LogP contribution >= 0.6 is 27.3 Å². The van der Waals surface area contributed by atoms with E-state index in [2.05, 4.69) is 32.6 Å². The highest BCUT2D eigenvalue weighted by atomic mass is 79.9. The van der Waals surface area contributed by atoms with Crippen molar-refractivity contribution < 1.29 is 4.79 Å². The highest BCUT2D eigenvalue weighted by Gasteiger charge is 2.03. The van der Waals surface area contributed by atoms with Gasteiger partial charge in [0.1, 0.15) is 0 Å². The van der Waals surface area contributed by atoms with E-state index in [0.29, 0.717) is 5.56 Å². The first kappa shape index (κ1) is 13.1. The molecule has 5 heteroatoms. The number of rotatable bonds is 4. The molecular weight excluding hydrogens is 312 g/mol. The zero-order valence-electron chi connectivity index (χ0n) is 9.87. The lowest BCUT2D eigenvalue weighted by Crippen LogP contribution is -2.17. The van der Waals surface area contributed by atoms with Gasteiger partial charge in [0.2, 0.25) is 0 Å². The van der Waals surface area contributed by atoms with Crippen LogP contribution < -0.4 is 10.6 Å². The number of hydrogen-bond acceptors (Lipinski definition) is 3. The zero-order chi connectivity index (χ0) is 13.0. The lowest BCUT2D eigenvalue weighted by molar-refractivity contribution is 0.0963. The Bertz CT molecular complexity index is 553. The van der Waals surface area contributed by atoms with Crippen molar-refractivity contribution in [1.29, 1.82) is 0 Å². The topological polar surface area (TPSA) is 41.1 Å². The molecule has 1 heterocycles. The van der Waals surface area contributed by atoms with Gasteiger partial charge in [0.15, 0.2) is 0 Å². The molecule has 0 aliphatic rings. The minimum absolute atomic E-state index is 0.0717. The summed E-state index contributed by atoms with van der Waals surface area (Å²) in [7, 11) is 1.63. The third kappa shape index (κ3) is 3.34. The fraction of sp³-hybridized carbons (Fsp3) is 0.154. The molecule has 0 aliphatic heterocycles. The number of amides is 1. The van der Waals surface area contributed by atoms with Crippen LogP contribution in [0.5, 0.6) is 0 Å². The van der Waals surface area contributed by atoms with Gasteiger partial charge in [-0.15, -0.1) is 11.3 Å². The molecule has 2 rings (SSSR count). The molecular formula is C13H13BrN2OS. The van der Waals surface area contributed by atoms with Crippen LogP contribution in [0, 0.1) is 0 Å². The van der Waals surface area contributed by atoms with Crippen LogP contribution in [0.25, 0.3) is 0 Å². The average Bonchev–Trinajstić information content (AvgIpc) is 2.81. The molecule has 3 nitrogen and oxygen atoms in total. The molecule has 0 saturated heterocycles. The Balaban J connectivity index is 2.03. The molecule has 0 radical (unpaired) electrons. The summed E-state index contributed by atoms with van der Waals surface area (Å²) < 4.78 is 1.12. The van der Waals surface area contributed by atoms with Crippen LogP contribution in [-0.2, 0) is 6.54 Å². The van der Waals surface area contributed by atoms with Gasteiger partial charge in [-0.05, 0) is 46.3 Å². The van der Waals surface area contributed by atoms with Crippen molar-refractivity contribution in [3.8, 4) is 0 Å². The third-order valence-electron chi connectivity index (χ3n) is 2.45. The highest BCUT2D eigenvalue weighted by Crippen LogP contribution is 2.23. The second-order valence-electron chi connectivity index (χ2n) is 3.72. The van der Waals surface area contributed by atoms with E-state index in [4.69, 9.17) is 0 Å². The fourth-order valence-electron chi connectivity index (χ4n) is 1.55. The Hall–Kier alpha value is -1.33. The third-order valence-corrected chi connectivity index (χ3v) is 4.07. The predicted molar refractivity (Wildman–Crippen MR) is 79.2 cm³/mol. The monoisotopic (exact) mass is 324 g/mol. The number of thiophene rings is 1. The molecule has 2 N–H and O–H groups in total. The van der Waals surface area contributed by atoms with E-state index in [1.165, 1.54) is 4.88 Å². The summed E-state index contributed by atoms with van der Waals surface area (Å²) in [6, 6.07) is 11.6. The van der Waals surface area contributed by atoms with Crippen molar-refractivity contribution in [2.75, 3.05) is 12.4 Å². The quantitative estimate of drug-likeness (QED) is 0.904. The molecule has 0 unspecified atom stereocenters. The Morgan fingerprint density at radius 1 is 1.33 bits per heavy atom. The minimum atomic E-state index is -0.0717. The van der Waals surface area contributed by atoms with Gasteiger partial charge in [0, 0.05) is 29.7 Å². The number of anilines is 1. The summed E-state index contributed by atoms with van der Waals surface area (Å²) in [5.41, 5.74) is 1.61. The summed E-state index contributed by atoms with van der Waals surface area (Å²) in [6.45, 7) is 0.757. The Morgan fingerprint density at radius 3 is 2.83 bits per heavy atom. The number of hydrogen-bond donors (Lipinski definition) is 2. The summed E-state index contributed by atoms with van der Waals surface area (Å²) in [5.74, 6) is -0.0717. The summed E-state index contributed by atoms with van der Waals surface area (Å²) in [5, 5.41) is 5.92. The second-order valence-corrected chi connectivity index (χ2v) is 6.27. The van der Waals surface area contributed by atoms with Crippen molar-refractivity contribution in [3.05, 3.63) is 50.6 Å². The summed E-state index contributed by atoms with van der Waals surface area (Å²) in [4.78, 5) is 12.7. The summed E-state index contributed by atoms with van der Waals surface area (Å²) >= 11 is 5.13. The number of carbonyl (C=O) groups excluding carboxylic acids is 1. The first-order chi connectivity index (χ1) is 8.69. The van der Waals surface area contributed by atoms with E-state index in [1.807, 2.05) is 24.3 Å². The van der Waals surface area contributed by atoms with Gasteiger partial charge in [-0.2, -0.15) is 0 Å². The van der Waals surface area contributed by atoms with Crippen LogP contribution in [0.2, 0.25) is 0 Å². The van der Waals surface area contributed by atoms with Gasteiger partial charge < -0.3 is 10.6 Å². The number of benzene rings is 1. The van der Waals surface area contributed by atoms with E-state index in [-0.39, 0.29) is 5.91 Å². The molecule has 1 amide bonds. The maximum atomic E-state index is 11.5. The second kappa shape index (κ2) is 6.02. The van der Waals surface area contributed by atoms with E-state index < -0.39 is 0 Å². The normalized spacial score (nSPS) is 10.1. The lowest BCUT2D eigenvalue weighted by Gasteiger charge is -2.06. The van der Waals surface area contributed by atoms with Gasteiger partial charge in [-0.1, -0.05) is 6.07 Å². The van der Waals surface area contributed by atoms with Crippen molar-refractivity contribution in [1.82, 2.24) is 5.32 Å². The van der Waals surface area contributed by atoms with E-state index in [0.717, 1.165) is 16.0 Å². The van der Waals surface area contributed by atoms with Crippen LogP contribution in [-0.4, -0.2) is 13.0 Å². The van der Waals surface area contributed by atoms with Crippen LogP contribution in [0.3, 0.4) is 0 Å².